The molecule has 0 aliphatic heterocycles. The van der Waals surface area contributed by atoms with Gasteiger partial charge in [-0.25, -0.2) is 9.78 Å². The average Bonchev–Trinajstić information content (AvgIpc) is 2.75. The molecule has 1 atom stereocenters. The lowest BCUT2D eigenvalue weighted by Crippen LogP contribution is -2.35. The van der Waals surface area contributed by atoms with Gasteiger partial charge in [0, 0.05) is 7.05 Å². The molecule has 3 rings (SSSR count). The lowest BCUT2D eigenvalue weighted by atomic mass is 9.99. The number of benzene rings is 2. The van der Waals surface area contributed by atoms with Crippen LogP contribution < -0.4 is 15.6 Å². The van der Waals surface area contributed by atoms with Crippen molar-refractivity contribution in [2.45, 2.75) is 19.2 Å². The van der Waals surface area contributed by atoms with E-state index in [9.17, 15) is 9.59 Å². The number of ether oxygens (including phenoxy) is 2. The second kappa shape index (κ2) is 9.16. The highest BCUT2D eigenvalue weighted by molar-refractivity contribution is 5.90. The third-order valence-electron chi connectivity index (χ3n) is 4.44. The average molecular weight is 393 g/mol. The topological polar surface area (TPSA) is 82.4 Å². The van der Waals surface area contributed by atoms with E-state index in [0.29, 0.717) is 0 Å². The second-order valence-electron chi connectivity index (χ2n) is 6.51. The zero-order chi connectivity index (χ0) is 20.8. The molecule has 7 heteroatoms. The maximum Gasteiger partial charge on any atom is 0.362 e. The molecular formula is C22H23N3O4. The fourth-order valence-electron chi connectivity index (χ4n) is 3.01. The van der Waals surface area contributed by atoms with Gasteiger partial charge in [0.1, 0.15) is 0 Å². The van der Waals surface area contributed by atoms with E-state index >= 15 is 0 Å². The van der Waals surface area contributed by atoms with Gasteiger partial charge in [-0.1, -0.05) is 60.7 Å². The molecule has 0 radical (unpaired) electrons. The molecule has 0 saturated carbocycles. The quantitative estimate of drug-likeness (QED) is 0.491. The zero-order valence-corrected chi connectivity index (χ0v) is 16.5. The van der Waals surface area contributed by atoms with Crippen LogP contribution >= 0.6 is 0 Å². The van der Waals surface area contributed by atoms with Crippen LogP contribution in [0.4, 0.5) is 0 Å². The largest absolute Gasteiger partial charge is 0.489 e. The summed E-state index contributed by atoms with van der Waals surface area (Å²) >= 11 is 0. The number of rotatable bonds is 7. The van der Waals surface area contributed by atoms with Crippen LogP contribution in [0.25, 0.3) is 0 Å². The van der Waals surface area contributed by atoms with Crippen molar-refractivity contribution in [2.24, 2.45) is 7.05 Å². The minimum atomic E-state index is -0.737. The highest BCUT2D eigenvalue weighted by Gasteiger charge is 2.23. The standard InChI is InChI=1S/C22H23N3O4/c1-15(29-22(27)19-20(28-3)21(26)25(2)14-23-19)24-18(16-10-6-4-7-11-16)17-12-8-5-9-13-17/h4-15,18,24H,1-3H3. The Morgan fingerprint density at radius 1 is 1.03 bits per heavy atom. The Morgan fingerprint density at radius 3 is 2.10 bits per heavy atom. The van der Waals surface area contributed by atoms with E-state index in [1.165, 1.54) is 25.1 Å². The van der Waals surface area contributed by atoms with E-state index in [-0.39, 0.29) is 17.5 Å². The van der Waals surface area contributed by atoms with Crippen LogP contribution in [0.3, 0.4) is 0 Å². The Balaban J connectivity index is 1.81. The number of aromatic nitrogens is 2. The van der Waals surface area contributed by atoms with Gasteiger partial charge in [0.05, 0.1) is 19.5 Å². The molecule has 3 aromatic rings. The summed E-state index contributed by atoms with van der Waals surface area (Å²) in [5.74, 6) is -0.880. The normalized spacial score (nSPS) is 11.9. The lowest BCUT2D eigenvalue weighted by Gasteiger charge is -2.24. The molecule has 1 aromatic heterocycles. The van der Waals surface area contributed by atoms with Crippen LogP contribution in [-0.2, 0) is 11.8 Å². The molecule has 0 saturated heterocycles. The molecule has 0 aliphatic carbocycles. The number of aryl methyl sites for hydroxylation is 1. The number of methoxy groups -OCH3 is 1. The molecule has 0 bridgehead atoms. The Morgan fingerprint density at radius 2 is 1.59 bits per heavy atom. The van der Waals surface area contributed by atoms with E-state index in [1.807, 2.05) is 60.7 Å². The molecule has 29 heavy (non-hydrogen) atoms. The minimum absolute atomic E-state index is 0.144. The number of esters is 1. The number of hydrogen-bond donors (Lipinski definition) is 1. The fourth-order valence-corrected chi connectivity index (χ4v) is 3.01. The predicted octanol–water partition coefficient (Wildman–Crippen LogP) is 2.67. The van der Waals surface area contributed by atoms with E-state index in [1.54, 1.807) is 6.92 Å². The van der Waals surface area contributed by atoms with Crippen LogP contribution in [0.2, 0.25) is 0 Å². The number of nitrogens with one attached hydrogen (secondary N) is 1. The molecule has 7 nitrogen and oxygen atoms in total. The molecule has 1 unspecified atom stereocenters. The number of carbonyl (C=O) groups is 1. The number of nitrogens with zero attached hydrogens (tertiary/aromatic N) is 2. The summed E-state index contributed by atoms with van der Waals surface area (Å²) in [5.41, 5.74) is 1.46. The van der Waals surface area contributed by atoms with Crippen LogP contribution in [0, 0.1) is 0 Å². The zero-order valence-electron chi connectivity index (χ0n) is 16.5. The summed E-state index contributed by atoms with van der Waals surface area (Å²) in [5, 5.41) is 3.32. The molecule has 0 amide bonds. The van der Waals surface area contributed by atoms with Gasteiger partial charge >= 0.3 is 5.97 Å². The SMILES string of the molecule is COc1c(C(=O)OC(C)NC(c2ccccc2)c2ccccc2)ncn(C)c1=O. The summed E-state index contributed by atoms with van der Waals surface area (Å²) in [7, 11) is 2.85. The monoisotopic (exact) mass is 393 g/mol. The van der Waals surface area contributed by atoms with E-state index in [2.05, 4.69) is 10.3 Å². The third kappa shape index (κ3) is 4.70. The lowest BCUT2D eigenvalue weighted by molar-refractivity contribution is 0.0234. The molecule has 150 valence electrons. The maximum absolute atomic E-state index is 12.6. The molecule has 1 heterocycles. The third-order valence-corrected chi connectivity index (χ3v) is 4.44. The molecule has 0 fully saturated rings. The van der Waals surface area contributed by atoms with Gasteiger partial charge in [-0.2, -0.15) is 0 Å². The minimum Gasteiger partial charge on any atom is -0.489 e. The molecular weight excluding hydrogens is 370 g/mol. The summed E-state index contributed by atoms with van der Waals surface area (Å²) in [4.78, 5) is 28.7. The Bertz CT molecular complexity index is 980. The first-order valence-electron chi connectivity index (χ1n) is 9.17. The van der Waals surface area contributed by atoms with Crippen molar-refractivity contribution in [3.63, 3.8) is 0 Å². The van der Waals surface area contributed by atoms with Crippen molar-refractivity contribution < 1.29 is 14.3 Å². The molecule has 1 N–H and O–H groups in total. The van der Waals surface area contributed by atoms with Crippen LogP contribution in [-0.4, -0.2) is 28.9 Å². The van der Waals surface area contributed by atoms with E-state index in [0.717, 1.165) is 11.1 Å². The van der Waals surface area contributed by atoms with Crippen molar-refractivity contribution in [3.8, 4) is 5.75 Å². The summed E-state index contributed by atoms with van der Waals surface area (Å²) in [6, 6.07) is 19.6. The van der Waals surface area contributed by atoms with E-state index in [4.69, 9.17) is 9.47 Å². The number of hydrogen-bond acceptors (Lipinski definition) is 6. The smallest absolute Gasteiger partial charge is 0.362 e. The van der Waals surface area contributed by atoms with Gasteiger partial charge in [0.25, 0.3) is 5.56 Å². The van der Waals surface area contributed by atoms with Crippen molar-refractivity contribution in [2.75, 3.05) is 7.11 Å². The highest BCUT2D eigenvalue weighted by atomic mass is 16.6. The first kappa shape index (κ1) is 20.3. The van der Waals surface area contributed by atoms with Gasteiger partial charge in [-0.15, -0.1) is 0 Å². The predicted molar refractivity (Wildman–Crippen MR) is 109 cm³/mol. The maximum atomic E-state index is 12.6. The summed E-state index contributed by atoms with van der Waals surface area (Å²) in [6.45, 7) is 1.73. The summed E-state index contributed by atoms with van der Waals surface area (Å²) < 4.78 is 11.8. The van der Waals surface area contributed by atoms with E-state index < -0.39 is 17.8 Å². The van der Waals surface area contributed by atoms with Gasteiger partial charge in [0.15, 0.2) is 11.9 Å². The van der Waals surface area contributed by atoms with Gasteiger partial charge < -0.3 is 9.47 Å². The van der Waals surface area contributed by atoms with Gasteiger partial charge in [0.2, 0.25) is 5.75 Å². The van der Waals surface area contributed by atoms with Gasteiger partial charge in [-0.3, -0.25) is 14.7 Å². The molecule has 0 spiro atoms. The Labute approximate surface area is 168 Å². The number of carbonyl (C=O) groups excluding carboxylic acids is 1. The molecule has 2 aromatic carbocycles. The van der Waals surface area contributed by atoms with Crippen molar-refractivity contribution >= 4 is 5.97 Å². The summed E-state index contributed by atoms with van der Waals surface area (Å²) in [6.07, 6.45) is 0.611. The molecule has 0 aliphatic rings. The van der Waals surface area contributed by atoms with Crippen molar-refractivity contribution in [1.29, 1.82) is 0 Å². The second-order valence-corrected chi connectivity index (χ2v) is 6.51. The van der Waals surface area contributed by atoms with Gasteiger partial charge in [-0.05, 0) is 18.1 Å². The van der Waals surface area contributed by atoms with Crippen LogP contribution in [0.1, 0.15) is 34.6 Å². The fraction of sp³-hybridized carbons (Fsp3) is 0.227. The van der Waals surface area contributed by atoms with Crippen LogP contribution in [0.15, 0.2) is 71.8 Å². The Hall–Kier alpha value is -3.45. The Kier molecular flexibility index (Phi) is 6.41. The van der Waals surface area contributed by atoms with Crippen molar-refractivity contribution in [1.82, 2.24) is 14.9 Å². The highest BCUT2D eigenvalue weighted by Crippen LogP contribution is 2.23. The first-order valence-corrected chi connectivity index (χ1v) is 9.17. The first-order chi connectivity index (χ1) is 14.0. The van der Waals surface area contributed by atoms with Crippen molar-refractivity contribution in [3.05, 3.63) is 94.2 Å². The van der Waals surface area contributed by atoms with Crippen LogP contribution in [0.5, 0.6) is 5.75 Å².